The van der Waals surface area contributed by atoms with E-state index in [0.717, 1.165) is 35.5 Å². The van der Waals surface area contributed by atoms with Gasteiger partial charge < -0.3 is 14.1 Å². The summed E-state index contributed by atoms with van der Waals surface area (Å²) in [5.74, 6) is -0.195. The Morgan fingerprint density at radius 1 is 1.29 bits per heavy atom. The van der Waals surface area contributed by atoms with E-state index < -0.39 is 0 Å². The second kappa shape index (κ2) is 7.89. The van der Waals surface area contributed by atoms with Crippen LogP contribution >= 0.6 is 11.3 Å². The highest BCUT2D eigenvalue weighted by Gasteiger charge is 2.26. The van der Waals surface area contributed by atoms with Gasteiger partial charge in [-0.15, -0.1) is 11.3 Å². The number of carbonyl (C=O) groups excluding carboxylic acids is 1. The maximum Gasteiger partial charge on any atom is 0.290 e. The van der Waals surface area contributed by atoms with E-state index >= 15 is 0 Å². The van der Waals surface area contributed by atoms with Crippen LogP contribution in [-0.4, -0.2) is 30.1 Å². The molecular formula is C22H23NO4S. The summed E-state index contributed by atoms with van der Waals surface area (Å²) in [5.41, 5.74) is 2.13. The van der Waals surface area contributed by atoms with Crippen molar-refractivity contribution >= 4 is 28.2 Å². The number of fused-ring (bicyclic) bond motifs is 1. The van der Waals surface area contributed by atoms with E-state index in [0.29, 0.717) is 24.1 Å². The summed E-state index contributed by atoms with van der Waals surface area (Å²) in [7, 11) is 0. The van der Waals surface area contributed by atoms with Crippen molar-refractivity contribution in [1.29, 1.82) is 0 Å². The molecule has 6 heteroatoms. The van der Waals surface area contributed by atoms with Gasteiger partial charge in [-0.1, -0.05) is 12.1 Å². The number of nitrogens with zero attached hydrogens (tertiary/aromatic N) is 1. The Balaban J connectivity index is 1.69. The minimum absolute atomic E-state index is 0.0283. The average Bonchev–Trinajstić information content (AvgIpc) is 3.33. The fourth-order valence-corrected chi connectivity index (χ4v) is 4.49. The highest BCUT2D eigenvalue weighted by molar-refractivity contribution is 7.09. The van der Waals surface area contributed by atoms with Crippen LogP contribution in [0.4, 0.5) is 0 Å². The first kappa shape index (κ1) is 18.9. The van der Waals surface area contributed by atoms with Crippen LogP contribution in [0.15, 0.2) is 44.9 Å². The number of carbonyl (C=O) groups is 1. The molecule has 5 nitrogen and oxygen atoms in total. The van der Waals surface area contributed by atoms with Crippen LogP contribution < -0.4 is 5.43 Å². The standard InChI is InChI=1S/C22H23NO4S/c1-14-9-15(2)21-18(24)11-20(27-19(21)10-14)22(25)23(12-16-5-3-7-26-16)13-17-6-4-8-28-17/h4,6,8-11,16H,3,5,7,12-13H2,1-2H3/t16-/m0/s1. The number of aryl methyl sites for hydroxylation is 2. The van der Waals surface area contributed by atoms with Gasteiger partial charge in [0, 0.05) is 24.1 Å². The molecule has 0 radical (unpaired) electrons. The van der Waals surface area contributed by atoms with Gasteiger partial charge in [0.15, 0.2) is 11.2 Å². The highest BCUT2D eigenvalue weighted by Crippen LogP contribution is 2.22. The van der Waals surface area contributed by atoms with Gasteiger partial charge in [0.25, 0.3) is 5.91 Å². The normalized spacial score (nSPS) is 16.6. The number of rotatable bonds is 5. The summed E-state index contributed by atoms with van der Waals surface area (Å²) in [4.78, 5) is 28.7. The smallest absolute Gasteiger partial charge is 0.290 e. The first-order chi connectivity index (χ1) is 13.5. The molecule has 1 atom stereocenters. The van der Waals surface area contributed by atoms with Crippen LogP contribution in [-0.2, 0) is 11.3 Å². The molecule has 1 aromatic carbocycles. The number of amides is 1. The Morgan fingerprint density at radius 2 is 2.14 bits per heavy atom. The largest absolute Gasteiger partial charge is 0.451 e. The van der Waals surface area contributed by atoms with Crippen molar-refractivity contribution < 1.29 is 13.9 Å². The monoisotopic (exact) mass is 397 g/mol. The van der Waals surface area contributed by atoms with Crippen LogP contribution in [0.2, 0.25) is 0 Å². The fourth-order valence-electron chi connectivity index (χ4n) is 3.77. The molecule has 146 valence electrons. The number of hydrogen-bond donors (Lipinski definition) is 0. The van der Waals surface area contributed by atoms with Gasteiger partial charge in [0.1, 0.15) is 5.58 Å². The average molecular weight is 397 g/mol. The molecule has 3 heterocycles. The lowest BCUT2D eigenvalue weighted by Gasteiger charge is -2.24. The zero-order valence-electron chi connectivity index (χ0n) is 16.1. The van der Waals surface area contributed by atoms with Gasteiger partial charge in [0.2, 0.25) is 0 Å². The lowest BCUT2D eigenvalue weighted by molar-refractivity contribution is 0.0486. The third kappa shape index (κ3) is 3.88. The first-order valence-electron chi connectivity index (χ1n) is 9.49. The Morgan fingerprint density at radius 3 is 2.86 bits per heavy atom. The van der Waals surface area contributed by atoms with E-state index in [-0.39, 0.29) is 23.2 Å². The Kier molecular flexibility index (Phi) is 5.33. The van der Waals surface area contributed by atoms with Crippen molar-refractivity contribution in [3.63, 3.8) is 0 Å². The number of hydrogen-bond acceptors (Lipinski definition) is 5. The first-order valence-corrected chi connectivity index (χ1v) is 10.4. The Bertz CT molecular complexity index is 1050. The minimum atomic E-state index is -0.276. The molecule has 1 amide bonds. The van der Waals surface area contributed by atoms with Crippen molar-refractivity contribution in [2.24, 2.45) is 0 Å². The summed E-state index contributed by atoms with van der Waals surface area (Å²) >= 11 is 1.60. The quantitative estimate of drug-likeness (QED) is 0.644. The molecule has 0 aliphatic carbocycles. The van der Waals surface area contributed by atoms with Gasteiger partial charge in [-0.3, -0.25) is 9.59 Å². The Labute approximate surface area is 167 Å². The molecule has 0 saturated carbocycles. The predicted octanol–water partition coefficient (Wildman–Crippen LogP) is 4.29. The highest BCUT2D eigenvalue weighted by atomic mass is 32.1. The second-order valence-electron chi connectivity index (χ2n) is 7.33. The second-order valence-corrected chi connectivity index (χ2v) is 8.36. The maximum absolute atomic E-state index is 13.3. The zero-order chi connectivity index (χ0) is 19.7. The van der Waals surface area contributed by atoms with Crippen molar-refractivity contribution in [2.45, 2.75) is 39.3 Å². The molecule has 1 saturated heterocycles. The van der Waals surface area contributed by atoms with Crippen LogP contribution in [0, 0.1) is 13.8 Å². The summed E-state index contributed by atoms with van der Waals surface area (Å²) in [6.45, 7) is 5.53. The number of benzene rings is 1. The topological polar surface area (TPSA) is 59.8 Å². The third-order valence-electron chi connectivity index (χ3n) is 5.04. The molecule has 0 spiro atoms. The number of ether oxygens (including phenoxy) is 1. The molecule has 0 unspecified atom stereocenters. The Hall–Kier alpha value is -2.44. The van der Waals surface area contributed by atoms with Crippen LogP contribution in [0.1, 0.15) is 39.4 Å². The van der Waals surface area contributed by atoms with Crippen LogP contribution in [0.5, 0.6) is 0 Å². The van der Waals surface area contributed by atoms with Crippen molar-refractivity contribution in [3.8, 4) is 0 Å². The van der Waals surface area contributed by atoms with E-state index in [1.54, 1.807) is 16.2 Å². The van der Waals surface area contributed by atoms with E-state index in [9.17, 15) is 9.59 Å². The van der Waals surface area contributed by atoms with E-state index in [2.05, 4.69) is 0 Å². The molecule has 2 aromatic heterocycles. The molecule has 3 aromatic rings. The van der Waals surface area contributed by atoms with Crippen LogP contribution in [0.3, 0.4) is 0 Å². The summed E-state index contributed by atoms with van der Waals surface area (Å²) in [6.07, 6.45) is 1.98. The van der Waals surface area contributed by atoms with Crippen molar-refractivity contribution in [2.75, 3.05) is 13.2 Å². The molecule has 0 bridgehead atoms. The molecular weight excluding hydrogens is 374 g/mol. The molecule has 1 aliphatic rings. The molecule has 4 rings (SSSR count). The van der Waals surface area contributed by atoms with Crippen molar-refractivity contribution in [1.82, 2.24) is 4.90 Å². The minimum Gasteiger partial charge on any atom is -0.451 e. The van der Waals surface area contributed by atoms with Gasteiger partial charge in [0.05, 0.1) is 18.0 Å². The van der Waals surface area contributed by atoms with E-state index in [1.807, 2.05) is 43.5 Å². The van der Waals surface area contributed by atoms with Crippen molar-refractivity contribution in [3.05, 3.63) is 67.7 Å². The van der Waals surface area contributed by atoms with E-state index in [4.69, 9.17) is 9.15 Å². The lowest BCUT2D eigenvalue weighted by atomic mass is 10.1. The number of thiophene rings is 1. The van der Waals surface area contributed by atoms with Gasteiger partial charge in [-0.2, -0.15) is 0 Å². The summed E-state index contributed by atoms with van der Waals surface area (Å²) in [5, 5.41) is 2.53. The van der Waals surface area contributed by atoms with Gasteiger partial charge in [-0.25, -0.2) is 0 Å². The third-order valence-corrected chi connectivity index (χ3v) is 5.91. The molecule has 28 heavy (non-hydrogen) atoms. The lowest BCUT2D eigenvalue weighted by Crippen LogP contribution is -2.37. The molecule has 1 fully saturated rings. The van der Waals surface area contributed by atoms with Gasteiger partial charge in [-0.05, 0) is 55.3 Å². The summed E-state index contributed by atoms with van der Waals surface area (Å²) < 4.78 is 11.6. The van der Waals surface area contributed by atoms with Gasteiger partial charge >= 0.3 is 0 Å². The molecule has 0 N–H and O–H groups in total. The predicted molar refractivity (Wildman–Crippen MR) is 110 cm³/mol. The zero-order valence-corrected chi connectivity index (χ0v) is 16.9. The fraction of sp³-hybridized carbons (Fsp3) is 0.364. The maximum atomic E-state index is 13.3. The van der Waals surface area contributed by atoms with E-state index in [1.165, 1.54) is 6.07 Å². The SMILES string of the molecule is Cc1cc(C)c2c(=O)cc(C(=O)N(Cc3cccs3)C[C@@H]3CCCO3)oc2c1. The summed E-state index contributed by atoms with van der Waals surface area (Å²) in [6, 6.07) is 9.05. The van der Waals surface area contributed by atoms with Crippen LogP contribution in [0.25, 0.3) is 11.0 Å². The molecule has 1 aliphatic heterocycles.